The number of hydrogen-bond donors (Lipinski definition) is 1. The van der Waals surface area contributed by atoms with Crippen molar-refractivity contribution in [1.29, 1.82) is 0 Å². The van der Waals surface area contributed by atoms with Gasteiger partial charge in [0.1, 0.15) is 11.5 Å². The number of benzene rings is 2. The molecule has 1 aromatic heterocycles. The van der Waals surface area contributed by atoms with Crippen molar-refractivity contribution in [3.8, 4) is 17.4 Å². The monoisotopic (exact) mass is 307 g/mol. The number of nitrogens with one attached hydrogen (secondary N) is 1. The molecule has 0 aliphatic carbocycles. The highest BCUT2D eigenvalue weighted by Crippen LogP contribution is 2.22. The minimum atomic E-state index is 0.527. The summed E-state index contributed by atoms with van der Waals surface area (Å²) >= 11 is 0. The van der Waals surface area contributed by atoms with Gasteiger partial charge in [-0.25, -0.2) is 4.98 Å². The van der Waals surface area contributed by atoms with E-state index in [1.165, 1.54) is 0 Å². The van der Waals surface area contributed by atoms with E-state index in [-0.39, 0.29) is 0 Å². The maximum atomic E-state index is 5.83. The predicted octanol–water partition coefficient (Wildman–Crippen LogP) is 3.89. The van der Waals surface area contributed by atoms with Crippen LogP contribution in [0.15, 0.2) is 66.9 Å². The zero-order chi connectivity index (χ0) is 15.9. The minimum Gasteiger partial charge on any atom is -0.481 e. The van der Waals surface area contributed by atoms with E-state index in [2.05, 4.69) is 15.3 Å². The van der Waals surface area contributed by atoms with Crippen molar-refractivity contribution in [2.24, 2.45) is 0 Å². The Hall–Kier alpha value is -3.08. The van der Waals surface area contributed by atoms with Crippen molar-refractivity contribution in [2.75, 3.05) is 12.4 Å². The van der Waals surface area contributed by atoms with Crippen LogP contribution in [0, 0.1) is 0 Å². The molecular weight excluding hydrogens is 290 g/mol. The van der Waals surface area contributed by atoms with Gasteiger partial charge in [-0.1, -0.05) is 30.3 Å². The molecule has 0 aliphatic rings. The number of ether oxygens (including phenoxy) is 2. The minimum absolute atomic E-state index is 0.527. The fraction of sp³-hybridized carbons (Fsp3) is 0.111. The van der Waals surface area contributed by atoms with E-state index in [4.69, 9.17) is 9.47 Å². The summed E-state index contributed by atoms with van der Waals surface area (Å²) in [5.74, 6) is 2.66. The zero-order valence-electron chi connectivity index (χ0n) is 12.8. The van der Waals surface area contributed by atoms with E-state index < -0.39 is 0 Å². The van der Waals surface area contributed by atoms with E-state index in [0.29, 0.717) is 18.4 Å². The highest BCUT2D eigenvalue weighted by atomic mass is 16.5. The molecule has 23 heavy (non-hydrogen) atoms. The van der Waals surface area contributed by atoms with Crippen molar-refractivity contribution >= 4 is 5.95 Å². The molecule has 1 heterocycles. The maximum Gasteiger partial charge on any atom is 0.226 e. The lowest BCUT2D eigenvalue weighted by atomic mass is 10.2. The first-order valence-corrected chi connectivity index (χ1v) is 7.26. The summed E-state index contributed by atoms with van der Waals surface area (Å²) in [5, 5.41) is 3.17. The lowest BCUT2D eigenvalue weighted by Crippen LogP contribution is -2.04. The first-order chi connectivity index (χ1) is 11.3. The van der Waals surface area contributed by atoms with Gasteiger partial charge in [0, 0.05) is 18.8 Å². The Balaban J connectivity index is 1.65. The highest BCUT2D eigenvalue weighted by molar-refractivity contribution is 5.36. The molecule has 0 saturated carbocycles. The third-order valence-electron chi connectivity index (χ3n) is 3.17. The molecule has 0 fully saturated rings. The van der Waals surface area contributed by atoms with Crippen LogP contribution in [0.5, 0.6) is 17.4 Å². The van der Waals surface area contributed by atoms with E-state index in [0.717, 1.165) is 17.1 Å². The SMILES string of the molecule is COc1ccnc(NCc2cccc(Oc3ccccc3)c2)n1. The van der Waals surface area contributed by atoms with E-state index in [1.807, 2.05) is 54.6 Å². The van der Waals surface area contributed by atoms with Gasteiger partial charge >= 0.3 is 0 Å². The van der Waals surface area contributed by atoms with Gasteiger partial charge in [0.2, 0.25) is 11.8 Å². The van der Waals surface area contributed by atoms with Gasteiger partial charge in [0.05, 0.1) is 7.11 Å². The van der Waals surface area contributed by atoms with Crippen LogP contribution in [-0.4, -0.2) is 17.1 Å². The van der Waals surface area contributed by atoms with Crippen LogP contribution < -0.4 is 14.8 Å². The summed E-state index contributed by atoms with van der Waals surface area (Å²) in [6, 6.07) is 19.3. The Bertz CT molecular complexity index is 763. The number of hydrogen-bond acceptors (Lipinski definition) is 5. The number of anilines is 1. The third kappa shape index (κ3) is 4.20. The fourth-order valence-corrected chi connectivity index (χ4v) is 2.07. The van der Waals surface area contributed by atoms with E-state index in [9.17, 15) is 0 Å². The van der Waals surface area contributed by atoms with Crippen LogP contribution in [0.4, 0.5) is 5.95 Å². The van der Waals surface area contributed by atoms with Gasteiger partial charge in [-0.15, -0.1) is 0 Å². The Morgan fingerprint density at radius 1 is 0.957 bits per heavy atom. The Morgan fingerprint density at radius 2 is 1.78 bits per heavy atom. The molecule has 0 radical (unpaired) electrons. The second kappa shape index (κ2) is 7.26. The van der Waals surface area contributed by atoms with E-state index in [1.54, 1.807) is 19.4 Å². The van der Waals surface area contributed by atoms with E-state index >= 15 is 0 Å². The second-order valence-corrected chi connectivity index (χ2v) is 4.84. The zero-order valence-corrected chi connectivity index (χ0v) is 12.8. The largest absolute Gasteiger partial charge is 0.481 e. The lowest BCUT2D eigenvalue weighted by molar-refractivity contribution is 0.397. The topological polar surface area (TPSA) is 56.3 Å². The Morgan fingerprint density at radius 3 is 2.61 bits per heavy atom. The Kier molecular flexibility index (Phi) is 4.69. The molecule has 116 valence electrons. The Labute approximate surface area is 134 Å². The van der Waals surface area contributed by atoms with Gasteiger partial charge in [0.15, 0.2) is 0 Å². The molecule has 5 nitrogen and oxygen atoms in total. The van der Waals surface area contributed by atoms with Crippen LogP contribution in [0.1, 0.15) is 5.56 Å². The quantitative estimate of drug-likeness (QED) is 0.748. The molecule has 0 aliphatic heterocycles. The molecule has 0 spiro atoms. The smallest absolute Gasteiger partial charge is 0.226 e. The summed E-state index contributed by atoms with van der Waals surface area (Å²) in [6.45, 7) is 0.596. The normalized spacial score (nSPS) is 10.1. The lowest BCUT2D eigenvalue weighted by Gasteiger charge is -2.09. The van der Waals surface area contributed by atoms with Crippen LogP contribution in [0.25, 0.3) is 0 Å². The van der Waals surface area contributed by atoms with Crippen molar-refractivity contribution in [1.82, 2.24) is 9.97 Å². The van der Waals surface area contributed by atoms with Gasteiger partial charge in [-0.3, -0.25) is 0 Å². The van der Waals surface area contributed by atoms with Crippen molar-refractivity contribution in [3.05, 3.63) is 72.4 Å². The van der Waals surface area contributed by atoms with Crippen LogP contribution in [0.2, 0.25) is 0 Å². The second-order valence-electron chi connectivity index (χ2n) is 4.84. The molecule has 2 aromatic carbocycles. The average Bonchev–Trinajstić information content (AvgIpc) is 2.61. The van der Waals surface area contributed by atoms with Crippen LogP contribution in [0.3, 0.4) is 0 Å². The third-order valence-corrected chi connectivity index (χ3v) is 3.17. The molecular formula is C18H17N3O2. The first-order valence-electron chi connectivity index (χ1n) is 7.26. The van der Waals surface area contributed by atoms with Crippen LogP contribution >= 0.6 is 0 Å². The highest BCUT2D eigenvalue weighted by Gasteiger charge is 2.01. The fourth-order valence-electron chi connectivity index (χ4n) is 2.07. The van der Waals surface area contributed by atoms with Crippen molar-refractivity contribution < 1.29 is 9.47 Å². The summed E-state index contributed by atoms with van der Waals surface area (Å²) < 4.78 is 10.9. The van der Waals surface area contributed by atoms with Gasteiger partial charge in [-0.2, -0.15) is 4.98 Å². The molecule has 3 aromatic rings. The van der Waals surface area contributed by atoms with Crippen molar-refractivity contribution in [2.45, 2.75) is 6.54 Å². The first kappa shape index (κ1) is 14.8. The summed E-state index contributed by atoms with van der Waals surface area (Å²) in [5.41, 5.74) is 1.07. The number of methoxy groups -OCH3 is 1. The summed E-state index contributed by atoms with van der Waals surface area (Å²) in [6.07, 6.45) is 1.66. The number of rotatable bonds is 6. The number of para-hydroxylation sites is 1. The standard InChI is InChI=1S/C18H17N3O2/c1-22-17-10-11-19-18(21-17)20-13-14-6-5-9-16(12-14)23-15-7-3-2-4-8-15/h2-12H,13H2,1H3,(H,19,20,21). The molecule has 0 amide bonds. The molecule has 0 bridgehead atoms. The number of aromatic nitrogens is 2. The van der Waals surface area contributed by atoms with Crippen molar-refractivity contribution in [3.63, 3.8) is 0 Å². The van der Waals surface area contributed by atoms with Gasteiger partial charge < -0.3 is 14.8 Å². The molecule has 0 saturated heterocycles. The van der Waals surface area contributed by atoms with Gasteiger partial charge in [0.25, 0.3) is 0 Å². The molecule has 1 N–H and O–H groups in total. The predicted molar refractivity (Wildman–Crippen MR) is 88.9 cm³/mol. The van der Waals surface area contributed by atoms with Gasteiger partial charge in [-0.05, 0) is 29.8 Å². The average molecular weight is 307 g/mol. The van der Waals surface area contributed by atoms with Crippen LogP contribution in [-0.2, 0) is 6.54 Å². The maximum absolute atomic E-state index is 5.83. The summed E-state index contributed by atoms with van der Waals surface area (Å²) in [4.78, 5) is 8.38. The summed E-state index contributed by atoms with van der Waals surface area (Å²) in [7, 11) is 1.58. The number of nitrogens with zero attached hydrogens (tertiary/aromatic N) is 2. The molecule has 5 heteroatoms. The molecule has 0 unspecified atom stereocenters. The molecule has 3 rings (SSSR count). The molecule has 0 atom stereocenters.